The third kappa shape index (κ3) is 10.2. The molecule has 1 aromatic carbocycles. The van der Waals surface area contributed by atoms with E-state index in [0.29, 0.717) is 11.8 Å². The highest BCUT2D eigenvalue weighted by molar-refractivity contribution is 5.27. The Morgan fingerprint density at radius 3 is 2.08 bits per heavy atom. The smallest absolute Gasteiger partial charge is 0.119 e. The van der Waals surface area contributed by atoms with Crippen molar-refractivity contribution >= 4 is 0 Å². The van der Waals surface area contributed by atoms with Gasteiger partial charge in [0.1, 0.15) is 5.75 Å². The average molecular weight is 364 g/mol. The van der Waals surface area contributed by atoms with Gasteiger partial charge in [-0.15, -0.1) is 0 Å². The third-order valence-electron chi connectivity index (χ3n) is 4.40. The molecule has 0 aromatic heterocycles. The minimum absolute atomic E-state index is 0.0424. The lowest BCUT2D eigenvalue weighted by Crippen LogP contribution is -2.40. The summed E-state index contributed by atoms with van der Waals surface area (Å²) in [4.78, 5) is 0. The summed E-state index contributed by atoms with van der Waals surface area (Å²) in [6, 6.07) is 8.40. The maximum Gasteiger partial charge on any atom is 0.119 e. The van der Waals surface area contributed by atoms with Crippen LogP contribution in [0, 0.1) is 11.8 Å². The molecule has 0 aliphatic rings. The van der Waals surface area contributed by atoms with E-state index in [4.69, 9.17) is 9.47 Å². The molecule has 0 spiro atoms. The van der Waals surface area contributed by atoms with E-state index in [1.807, 2.05) is 0 Å². The van der Waals surface area contributed by atoms with Gasteiger partial charge >= 0.3 is 0 Å². The fraction of sp³-hybridized carbons (Fsp3) is 0.739. The molecule has 0 heterocycles. The summed E-state index contributed by atoms with van der Waals surface area (Å²) in [5.41, 5.74) is 1.27. The Morgan fingerprint density at radius 2 is 1.54 bits per heavy atom. The van der Waals surface area contributed by atoms with Crippen LogP contribution in [-0.4, -0.2) is 24.4 Å². The summed E-state index contributed by atoms with van der Waals surface area (Å²) < 4.78 is 11.9. The number of hydrogen-bond donors (Lipinski definition) is 1. The van der Waals surface area contributed by atoms with Gasteiger partial charge in [-0.1, -0.05) is 39.8 Å². The monoisotopic (exact) mass is 363 g/mol. The maximum absolute atomic E-state index is 6.13. The van der Waals surface area contributed by atoms with E-state index in [1.165, 1.54) is 5.56 Å². The first kappa shape index (κ1) is 23.0. The summed E-state index contributed by atoms with van der Waals surface area (Å²) in [5, 5.41) is 3.65. The van der Waals surface area contributed by atoms with Gasteiger partial charge in [-0.25, -0.2) is 0 Å². The van der Waals surface area contributed by atoms with Gasteiger partial charge in [0.2, 0.25) is 0 Å². The van der Waals surface area contributed by atoms with Crippen molar-refractivity contribution in [2.75, 3.05) is 13.2 Å². The zero-order chi connectivity index (χ0) is 19.8. The lowest BCUT2D eigenvalue weighted by atomic mass is 9.95. The molecular weight excluding hydrogens is 322 g/mol. The molecule has 0 aliphatic heterocycles. The van der Waals surface area contributed by atoms with Crippen molar-refractivity contribution in [1.29, 1.82) is 0 Å². The third-order valence-corrected chi connectivity index (χ3v) is 4.40. The molecule has 3 heteroatoms. The Morgan fingerprint density at radius 1 is 0.923 bits per heavy atom. The van der Waals surface area contributed by atoms with Crippen molar-refractivity contribution in [2.24, 2.45) is 11.8 Å². The van der Waals surface area contributed by atoms with Crippen molar-refractivity contribution in [1.82, 2.24) is 5.32 Å². The summed E-state index contributed by atoms with van der Waals surface area (Å²) in [6.45, 7) is 20.1. The zero-order valence-electron chi connectivity index (χ0n) is 18.3. The highest BCUT2D eigenvalue weighted by atomic mass is 16.5. The summed E-state index contributed by atoms with van der Waals surface area (Å²) in [7, 11) is 0. The Bertz CT molecular complexity index is 503. The molecular formula is C23H41NO2. The Balaban J connectivity index is 2.38. The largest absolute Gasteiger partial charge is 0.493 e. The summed E-state index contributed by atoms with van der Waals surface area (Å²) >= 11 is 0. The topological polar surface area (TPSA) is 30.5 Å². The fourth-order valence-electron chi connectivity index (χ4n) is 3.02. The molecule has 1 aromatic rings. The number of ether oxygens (including phenoxy) is 2. The molecule has 0 atom stereocenters. The Kier molecular flexibility index (Phi) is 9.12. The van der Waals surface area contributed by atoms with Crippen LogP contribution in [0.15, 0.2) is 24.3 Å². The summed E-state index contributed by atoms with van der Waals surface area (Å²) in [5.74, 6) is 2.15. The van der Waals surface area contributed by atoms with E-state index < -0.39 is 0 Å². The standard InChI is InChI=1S/C23H41NO2/c1-18(2)15-23(7,8)26-14-13-22(5,6)24-16-20-9-11-21(12-10-20)25-17-19(3)4/h9-12,18-19,24H,13-17H2,1-8H3. The predicted octanol–water partition coefficient (Wildman–Crippen LogP) is 5.82. The first-order valence-electron chi connectivity index (χ1n) is 10.1. The van der Waals surface area contributed by atoms with Crippen molar-refractivity contribution in [2.45, 2.75) is 85.9 Å². The van der Waals surface area contributed by atoms with Crippen LogP contribution in [-0.2, 0) is 11.3 Å². The molecule has 0 unspecified atom stereocenters. The van der Waals surface area contributed by atoms with Crippen molar-refractivity contribution < 1.29 is 9.47 Å². The molecule has 0 saturated carbocycles. The maximum atomic E-state index is 6.13. The zero-order valence-corrected chi connectivity index (χ0v) is 18.3. The molecule has 0 radical (unpaired) electrons. The van der Waals surface area contributed by atoms with E-state index in [1.54, 1.807) is 0 Å². The van der Waals surface area contributed by atoms with Gasteiger partial charge in [-0.05, 0) is 70.1 Å². The number of benzene rings is 1. The lowest BCUT2D eigenvalue weighted by Gasteiger charge is -2.31. The van der Waals surface area contributed by atoms with Crippen LogP contribution in [0.2, 0.25) is 0 Å². The van der Waals surface area contributed by atoms with Gasteiger partial charge in [0.15, 0.2) is 0 Å². The van der Waals surface area contributed by atoms with E-state index in [-0.39, 0.29) is 11.1 Å². The second-order valence-corrected chi connectivity index (χ2v) is 9.54. The minimum atomic E-state index is -0.0456. The van der Waals surface area contributed by atoms with Gasteiger partial charge in [0.05, 0.1) is 12.2 Å². The minimum Gasteiger partial charge on any atom is -0.493 e. The Labute approximate surface area is 161 Å². The molecule has 3 nitrogen and oxygen atoms in total. The molecule has 0 saturated heterocycles. The van der Waals surface area contributed by atoms with Crippen LogP contribution in [0.25, 0.3) is 0 Å². The van der Waals surface area contributed by atoms with Gasteiger partial charge in [-0.2, -0.15) is 0 Å². The average Bonchev–Trinajstić information content (AvgIpc) is 2.50. The molecule has 1 rings (SSSR count). The molecule has 0 bridgehead atoms. The van der Waals surface area contributed by atoms with Crippen LogP contribution in [0.4, 0.5) is 0 Å². The van der Waals surface area contributed by atoms with Crippen LogP contribution in [0.1, 0.15) is 73.8 Å². The highest BCUT2D eigenvalue weighted by Gasteiger charge is 2.22. The van der Waals surface area contributed by atoms with E-state index in [2.05, 4.69) is 85.0 Å². The number of rotatable bonds is 12. The quantitative estimate of drug-likeness (QED) is 0.507. The first-order valence-corrected chi connectivity index (χ1v) is 10.1. The number of nitrogens with one attached hydrogen (secondary N) is 1. The van der Waals surface area contributed by atoms with Gasteiger partial charge in [-0.3, -0.25) is 0 Å². The van der Waals surface area contributed by atoms with Crippen molar-refractivity contribution in [3.63, 3.8) is 0 Å². The van der Waals surface area contributed by atoms with Crippen molar-refractivity contribution in [3.05, 3.63) is 29.8 Å². The normalized spacial score (nSPS) is 12.8. The SMILES string of the molecule is CC(C)COc1ccc(CNC(C)(C)CCOC(C)(C)CC(C)C)cc1. The molecule has 26 heavy (non-hydrogen) atoms. The summed E-state index contributed by atoms with van der Waals surface area (Å²) in [6.07, 6.45) is 2.08. The van der Waals surface area contributed by atoms with Crippen LogP contribution >= 0.6 is 0 Å². The molecule has 0 aliphatic carbocycles. The first-order chi connectivity index (χ1) is 12.0. The van der Waals surface area contributed by atoms with Crippen LogP contribution in [0.5, 0.6) is 5.75 Å². The van der Waals surface area contributed by atoms with E-state index >= 15 is 0 Å². The second-order valence-electron chi connectivity index (χ2n) is 9.54. The molecule has 0 fully saturated rings. The van der Waals surface area contributed by atoms with Gasteiger partial charge in [0.25, 0.3) is 0 Å². The Hall–Kier alpha value is -1.06. The highest BCUT2D eigenvalue weighted by Crippen LogP contribution is 2.22. The van der Waals surface area contributed by atoms with Crippen LogP contribution in [0.3, 0.4) is 0 Å². The molecule has 150 valence electrons. The van der Waals surface area contributed by atoms with Gasteiger partial charge in [0, 0.05) is 18.7 Å². The molecule has 0 amide bonds. The van der Waals surface area contributed by atoms with Gasteiger partial charge < -0.3 is 14.8 Å². The van der Waals surface area contributed by atoms with E-state index in [0.717, 1.165) is 38.3 Å². The van der Waals surface area contributed by atoms with Crippen molar-refractivity contribution in [3.8, 4) is 5.75 Å². The second kappa shape index (κ2) is 10.3. The fourth-order valence-corrected chi connectivity index (χ4v) is 3.02. The molecule has 1 N–H and O–H groups in total. The van der Waals surface area contributed by atoms with E-state index in [9.17, 15) is 0 Å². The lowest BCUT2D eigenvalue weighted by molar-refractivity contribution is -0.0382. The predicted molar refractivity (Wildman–Crippen MR) is 112 cm³/mol. The van der Waals surface area contributed by atoms with Crippen LogP contribution < -0.4 is 10.1 Å². The number of hydrogen-bond acceptors (Lipinski definition) is 3.